The van der Waals surface area contributed by atoms with Crippen molar-refractivity contribution in [3.05, 3.63) is 0 Å². The van der Waals surface area contributed by atoms with Gasteiger partial charge in [-0.3, -0.25) is 4.79 Å². The normalized spacial score (nSPS) is 34.1. The molecule has 82 valence electrons. The second-order valence-electron chi connectivity index (χ2n) is 5.80. The Balaban J connectivity index is 2.60. The molecule has 3 atom stereocenters. The molecule has 0 saturated heterocycles. The van der Waals surface area contributed by atoms with Crippen LogP contribution >= 0.6 is 0 Å². The van der Waals surface area contributed by atoms with E-state index in [2.05, 4.69) is 27.7 Å². The van der Waals surface area contributed by atoms with Gasteiger partial charge in [0.2, 0.25) is 0 Å². The molecule has 0 bridgehead atoms. The molecule has 0 amide bonds. The average molecular weight is 198 g/mol. The van der Waals surface area contributed by atoms with Crippen LogP contribution < -0.4 is 0 Å². The van der Waals surface area contributed by atoms with Crippen molar-refractivity contribution in [1.82, 2.24) is 0 Å². The van der Waals surface area contributed by atoms with Gasteiger partial charge >= 0.3 is 5.97 Å². The first kappa shape index (κ1) is 11.5. The monoisotopic (exact) mass is 198 g/mol. The first-order valence-electron chi connectivity index (χ1n) is 5.55. The molecule has 0 radical (unpaired) electrons. The molecule has 0 aromatic rings. The Hall–Kier alpha value is -0.530. The summed E-state index contributed by atoms with van der Waals surface area (Å²) < 4.78 is 0. The van der Waals surface area contributed by atoms with E-state index in [1.54, 1.807) is 0 Å². The minimum Gasteiger partial charge on any atom is -0.481 e. The van der Waals surface area contributed by atoms with Gasteiger partial charge < -0.3 is 5.11 Å². The minimum absolute atomic E-state index is 0.103. The van der Waals surface area contributed by atoms with Crippen LogP contribution in [-0.4, -0.2) is 11.1 Å². The summed E-state index contributed by atoms with van der Waals surface area (Å²) in [5, 5.41) is 9.00. The van der Waals surface area contributed by atoms with E-state index in [1.807, 2.05) is 0 Å². The Bertz CT molecular complexity index is 215. The van der Waals surface area contributed by atoms with E-state index >= 15 is 0 Å². The summed E-state index contributed by atoms with van der Waals surface area (Å²) in [5.41, 5.74) is 0.331. The van der Waals surface area contributed by atoms with Crippen molar-refractivity contribution in [3.63, 3.8) is 0 Å². The molecule has 2 nitrogen and oxygen atoms in total. The van der Waals surface area contributed by atoms with Crippen molar-refractivity contribution < 1.29 is 9.90 Å². The SMILES string of the molecule is CC1CC(C(C)(C)C)CCC1C(=O)O. The minimum atomic E-state index is -0.607. The first-order chi connectivity index (χ1) is 6.32. The number of aliphatic carboxylic acids is 1. The predicted octanol–water partition coefficient (Wildman–Crippen LogP) is 3.17. The summed E-state index contributed by atoms with van der Waals surface area (Å²) >= 11 is 0. The maximum atomic E-state index is 10.9. The molecule has 1 fully saturated rings. The van der Waals surface area contributed by atoms with Gasteiger partial charge in [-0.2, -0.15) is 0 Å². The van der Waals surface area contributed by atoms with E-state index < -0.39 is 5.97 Å². The Labute approximate surface area is 86.7 Å². The summed E-state index contributed by atoms with van der Waals surface area (Å²) in [4.78, 5) is 10.9. The molecule has 0 spiro atoms. The number of hydrogen-bond donors (Lipinski definition) is 1. The molecule has 0 heterocycles. The third kappa shape index (κ3) is 2.49. The van der Waals surface area contributed by atoms with E-state index in [9.17, 15) is 4.79 Å². The van der Waals surface area contributed by atoms with Gasteiger partial charge in [-0.05, 0) is 36.5 Å². The van der Waals surface area contributed by atoms with Crippen LogP contribution in [0.25, 0.3) is 0 Å². The highest BCUT2D eigenvalue weighted by molar-refractivity contribution is 5.70. The van der Waals surface area contributed by atoms with Crippen molar-refractivity contribution in [1.29, 1.82) is 0 Å². The molecule has 2 heteroatoms. The molecule has 1 saturated carbocycles. The average Bonchev–Trinajstić information content (AvgIpc) is 2.01. The van der Waals surface area contributed by atoms with Crippen LogP contribution in [0.5, 0.6) is 0 Å². The van der Waals surface area contributed by atoms with Crippen LogP contribution in [0, 0.1) is 23.2 Å². The lowest BCUT2D eigenvalue weighted by molar-refractivity contribution is -0.145. The molecule has 1 N–H and O–H groups in total. The smallest absolute Gasteiger partial charge is 0.306 e. The van der Waals surface area contributed by atoms with Gasteiger partial charge in [-0.15, -0.1) is 0 Å². The molecule has 0 aliphatic heterocycles. The number of carbonyl (C=O) groups is 1. The highest BCUT2D eigenvalue weighted by Crippen LogP contribution is 2.42. The zero-order chi connectivity index (χ0) is 10.9. The quantitative estimate of drug-likeness (QED) is 0.702. The summed E-state index contributed by atoms with van der Waals surface area (Å²) in [6.45, 7) is 8.85. The van der Waals surface area contributed by atoms with Crippen LogP contribution in [0.1, 0.15) is 47.0 Å². The van der Waals surface area contributed by atoms with Crippen molar-refractivity contribution in [2.24, 2.45) is 23.2 Å². The zero-order valence-corrected chi connectivity index (χ0v) is 9.71. The Morgan fingerprint density at radius 2 is 1.86 bits per heavy atom. The van der Waals surface area contributed by atoms with Gasteiger partial charge in [-0.25, -0.2) is 0 Å². The number of hydrogen-bond acceptors (Lipinski definition) is 1. The van der Waals surface area contributed by atoms with E-state index in [0.29, 0.717) is 17.3 Å². The first-order valence-corrected chi connectivity index (χ1v) is 5.55. The highest BCUT2D eigenvalue weighted by Gasteiger charge is 2.36. The van der Waals surface area contributed by atoms with Gasteiger partial charge in [0, 0.05) is 0 Å². The summed E-state index contributed by atoms with van der Waals surface area (Å²) in [7, 11) is 0. The molecule has 1 aliphatic rings. The fourth-order valence-corrected chi connectivity index (χ4v) is 2.55. The maximum Gasteiger partial charge on any atom is 0.306 e. The highest BCUT2D eigenvalue weighted by atomic mass is 16.4. The summed E-state index contributed by atoms with van der Waals surface area (Å²) in [6.07, 6.45) is 3.00. The largest absolute Gasteiger partial charge is 0.481 e. The Morgan fingerprint density at radius 1 is 1.29 bits per heavy atom. The second kappa shape index (κ2) is 3.92. The fourth-order valence-electron chi connectivity index (χ4n) is 2.55. The van der Waals surface area contributed by atoms with Crippen molar-refractivity contribution >= 4 is 5.97 Å². The van der Waals surface area contributed by atoms with Gasteiger partial charge in [0.05, 0.1) is 5.92 Å². The standard InChI is InChI=1S/C12H22O2/c1-8-7-9(12(2,3)4)5-6-10(8)11(13)14/h8-10H,5-7H2,1-4H3,(H,13,14). The number of carboxylic acids is 1. The number of rotatable bonds is 1. The third-order valence-electron chi connectivity index (χ3n) is 3.71. The van der Waals surface area contributed by atoms with Crippen molar-refractivity contribution in [2.45, 2.75) is 47.0 Å². The lowest BCUT2D eigenvalue weighted by atomic mass is 9.66. The molecular formula is C12H22O2. The summed E-state index contributed by atoms with van der Waals surface area (Å²) in [6, 6.07) is 0. The van der Waals surface area contributed by atoms with Gasteiger partial charge in [0.1, 0.15) is 0 Å². The molecule has 0 aromatic carbocycles. The molecular weight excluding hydrogens is 176 g/mol. The van der Waals surface area contributed by atoms with Crippen LogP contribution in [0.15, 0.2) is 0 Å². The van der Waals surface area contributed by atoms with Crippen LogP contribution in [0.3, 0.4) is 0 Å². The molecule has 1 rings (SSSR count). The molecule has 3 unspecified atom stereocenters. The Kier molecular flexibility index (Phi) is 3.23. The van der Waals surface area contributed by atoms with E-state index in [0.717, 1.165) is 19.3 Å². The molecule has 14 heavy (non-hydrogen) atoms. The van der Waals surface area contributed by atoms with Crippen LogP contribution in [0.2, 0.25) is 0 Å². The fraction of sp³-hybridized carbons (Fsp3) is 0.917. The zero-order valence-electron chi connectivity index (χ0n) is 9.71. The second-order valence-corrected chi connectivity index (χ2v) is 5.80. The van der Waals surface area contributed by atoms with Crippen molar-refractivity contribution in [3.8, 4) is 0 Å². The lowest BCUT2D eigenvalue weighted by Crippen LogP contribution is -2.34. The van der Waals surface area contributed by atoms with Gasteiger partial charge in [0.15, 0.2) is 0 Å². The maximum absolute atomic E-state index is 10.9. The van der Waals surface area contributed by atoms with E-state index in [-0.39, 0.29) is 5.92 Å². The number of carboxylic acid groups (broad SMARTS) is 1. The van der Waals surface area contributed by atoms with Gasteiger partial charge in [-0.1, -0.05) is 27.7 Å². The lowest BCUT2D eigenvalue weighted by Gasteiger charge is -2.39. The van der Waals surface area contributed by atoms with E-state index in [4.69, 9.17) is 5.11 Å². The van der Waals surface area contributed by atoms with Gasteiger partial charge in [0.25, 0.3) is 0 Å². The van der Waals surface area contributed by atoms with Crippen molar-refractivity contribution in [2.75, 3.05) is 0 Å². The molecule has 0 aromatic heterocycles. The summed E-state index contributed by atoms with van der Waals surface area (Å²) in [5.74, 6) is 0.317. The van der Waals surface area contributed by atoms with Crippen LogP contribution in [0.4, 0.5) is 0 Å². The predicted molar refractivity (Wildman–Crippen MR) is 57.1 cm³/mol. The Morgan fingerprint density at radius 3 is 2.21 bits per heavy atom. The topological polar surface area (TPSA) is 37.3 Å². The molecule has 1 aliphatic carbocycles. The van der Waals surface area contributed by atoms with Crippen LogP contribution in [-0.2, 0) is 4.79 Å². The third-order valence-corrected chi connectivity index (χ3v) is 3.71. The van der Waals surface area contributed by atoms with E-state index in [1.165, 1.54) is 0 Å².